The topological polar surface area (TPSA) is 84.7 Å². The Balaban J connectivity index is 1.27. The van der Waals surface area contributed by atoms with Crippen LogP contribution in [0.15, 0.2) is 42.5 Å². The van der Waals surface area contributed by atoms with Gasteiger partial charge in [0.1, 0.15) is 6.10 Å². The second-order valence-corrected chi connectivity index (χ2v) is 9.77. The van der Waals surface area contributed by atoms with Crippen LogP contribution in [0.4, 0.5) is 11.4 Å². The number of nitrogens with one attached hydrogen (secondary N) is 1. The normalized spacial score (nSPS) is 24.2. The number of likely N-dealkylation sites (tertiary alicyclic amines) is 1. The van der Waals surface area contributed by atoms with Gasteiger partial charge < -0.3 is 10.1 Å². The van der Waals surface area contributed by atoms with E-state index in [1.165, 1.54) is 17.3 Å². The standard InChI is InChI=1S/C26H31N3O4/c1-18-10-11-19(16-23(18)29(31)32)25(30)33-24-9-5-4-8-22(24)28-14-12-26(13-15-28)17-27-21-7-3-2-6-20(21)26/h2-3,6-7,10-11,16,22,24,27H,4-5,8-9,12-15,17H2,1H3/t22?,24-/m0/s1. The lowest BCUT2D eigenvalue weighted by molar-refractivity contribution is -0.385. The molecular formula is C26H31N3O4. The minimum Gasteiger partial charge on any atom is -0.457 e. The number of anilines is 1. The van der Waals surface area contributed by atoms with Crippen molar-refractivity contribution in [3.8, 4) is 0 Å². The number of nitro groups is 1. The third kappa shape index (κ3) is 4.10. The predicted octanol–water partition coefficient (Wildman–Crippen LogP) is 4.83. The number of hydrogen-bond acceptors (Lipinski definition) is 6. The molecule has 1 saturated carbocycles. The molecule has 2 aromatic carbocycles. The van der Waals surface area contributed by atoms with Gasteiger partial charge >= 0.3 is 5.97 Å². The Bertz CT molecular complexity index is 1060. The summed E-state index contributed by atoms with van der Waals surface area (Å²) in [4.78, 5) is 26.2. The van der Waals surface area contributed by atoms with E-state index in [9.17, 15) is 14.9 Å². The van der Waals surface area contributed by atoms with Crippen molar-refractivity contribution in [1.82, 2.24) is 4.90 Å². The van der Waals surface area contributed by atoms with Crippen molar-refractivity contribution < 1.29 is 14.5 Å². The first-order valence-electron chi connectivity index (χ1n) is 12.0. The summed E-state index contributed by atoms with van der Waals surface area (Å²) in [7, 11) is 0. The Morgan fingerprint density at radius 1 is 1.15 bits per heavy atom. The van der Waals surface area contributed by atoms with Gasteiger partial charge in [-0.25, -0.2) is 4.79 Å². The third-order valence-electron chi connectivity index (χ3n) is 7.91. The van der Waals surface area contributed by atoms with Crippen molar-refractivity contribution >= 4 is 17.3 Å². The molecule has 1 N–H and O–H groups in total. The molecule has 0 bridgehead atoms. The summed E-state index contributed by atoms with van der Waals surface area (Å²) in [6, 6.07) is 13.4. The highest BCUT2D eigenvalue weighted by Crippen LogP contribution is 2.44. The van der Waals surface area contributed by atoms with Gasteiger partial charge in [0.25, 0.3) is 5.69 Å². The first-order chi connectivity index (χ1) is 16.0. The van der Waals surface area contributed by atoms with Crippen LogP contribution in [-0.4, -0.2) is 47.6 Å². The molecule has 0 radical (unpaired) electrons. The fourth-order valence-electron chi connectivity index (χ4n) is 5.96. The molecule has 1 spiro atoms. The number of nitro benzene ring substituents is 1. The number of carbonyl (C=O) groups excluding carboxylic acids is 1. The Kier molecular flexibility index (Phi) is 5.83. The molecule has 33 heavy (non-hydrogen) atoms. The number of para-hydroxylation sites is 1. The second-order valence-electron chi connectivity index (χ2n) is 9.77. The molecule has 7 heteroatoms. The number of nitrogens with zero attached hydrogens (tertiary/aromatic N) is 2. The fraction of sp³-hybridized carbons (Fsp3) is 0.500. The lowest BCUT2D eigenvalue weighted by Gasteiger charge is -2.46. The zero-order valence-electron chi connectivity index (χ0n) is 19.1. The van der Waals surface area contributed by atoms with Crippen molar-refractivity contribution in [3.05, 3.63) is 69.3 Å². The minimum absolute atomic E-state index is 0.0450. The van der Waals surface area contributed by atoms with Gasteiger partial charge in [-0.3, -0.25) is 15.0 Å². The van der Waals surface area contributed by atoms with E-state index in [1.54, 1.807) is 19.1 Å². The van der Waals surface area contributed by atoms with Crippen LogP contribution in [-0.2, 0) is 10.2 Å². The number of esters is 1. The number of carbonyl (C=O) groups is 1. The van der Waals surface area contributed by atoms with Gasteiger partial charge in [0.15, 0.2) is 0 Å². The molecule has 2 atom stereocenters. The monoisotopic (exact) mass is 449 g/mol. The Labute approximate surface area is 194 Å². The lowest BCUT2D eigenvalue weighted by atomic mass is 9.73. The Morgan fingerprint density at radius 2 is 1.91 bits per heavy atom. The van der Waals surface area contributed by atoms with Crippen LogP contribution in [0.1, 0.15) is 60.0 Å². The van der Waals surface area contributed by atoms with E-state index < -0.39 is 10.9 Å². The quantitative estimate of drug-likeness (QED) is 0.409. The molecule has 0 amide bonds. The summed E-state index contributed by atoms with van der Waals surface area (Å²) in [5.74, 6) is -0.461. The number of rotatable bonds is 4. The summed E-state index contributed by atoms with van der Waals surface area (Å²) in [5.41, 5.74) is 3.66. The SMILES string of the molecule is Cc1ccc(C(=O)O[C@H]2CCCCC2N2CCC3(CC2)CNc2ccccc23)cc1[N+](=O)[O-]. The predicted molar refractivity (Wildman–Crippen MR) is 127 cm³/mol. The molecule has 1 saturated heterocycles. The maximum Gasteiger partial charge on any atom is 0.338 e. The molecule has 1 aliphatic carbocycles. The van der Waals surface area contributed by atoms with Crippen LogP contribution in [0.5, 0.6) is 0 Å². The molecule has 5 rings (SSSR count). The second kappa shape index (κ2) is 8.78. The molecule has 3 aliphatic rings. The van der Waals surface area contributed by atoms with Crippen LogP contribution >= 0.6 is 0 Å². The fourth-order valence-corrected chi connectivity index (χ4v) is 5.96. The third-order valence-corrected chi connectivity index (χ3v) is 7.91. The lowest BCUT2D eigenvalue weighted by Crippen LogP contribution is -2.53. The van der Waals surface area contributed by atoms with Crippen molar-refractivity contribution in [2.45, 2.75) is 63.0 Å². The van der Waals surface area contributed by atoms with Crippen LogP contribution in [0.3, 0.4) is 0 Å². The first-order valence-corrected chi connectivity index (χ1v) is 12.0. The van der Waals surface area contributed by atoms with Gasteiger partial charge in [0.2, 0.25) is 0 Å². The van der Waals surface area contributed by atoms with E-state index in [2.05, 4.69) is 34.5 Å². The van der Waals surface area contributed by atoms with Gasteiger partial charge in [0.05, 0.1) is 10.5 Å². The Hall–Kier alpha value is -2.93. The average Bonchev–Trinajstić information content (AvgIpc) is 3.18. The number of hydrogen-bond donors (Lipinski definition) is 1. The van der Waals surface area contributed by atoms with Crippen LogP contribution in [0.25, 0.3) is 0 Å². The van der Waals surface area contributed by atoms with E-state index >= 15 is 0 Å². The van der Waals surface area contributed by atoms with E-state index in [0.717, 1.165) is 58.2 Å². The number of benzene rings is 2. The Morgan fingerprint density at radius 3 is 2.70 bits per heavy atom. The van der Waals surface area contributed by atoms with Crippen LogP contribution < -0.4 is 5.32 Å². The maximum atomic E-state index is 12.9. The van der Waals surface area contributed by atoms with Gasteiger partial charge in [-0.05, 0) is 69.8 Å². The highest BCUT2D eigenvalue weighted by Gasteiger charge is 2.44. The first kappa shape index (κ1) is 21.9. The highest BCUT2D eigenvalue weighted by molar-refractivity contribution is 5.90. The zero-order chi connectivity index (χ0) is 23.0. The molecule has 7 nitrogen and oxygen atoms in total. The van der Waals surface area contributed by atoms with E-state index in [4.69, 9.17) is 4.74 Å². The number of fused-ring (bicyclic) bond motifs is 2. The zero-order valence-corrected chi connectivity index (χ0v) is 19.1. The van der Waals surface area contributed by atoms with Gasteiger partial charge in [0, 0.05) is 35.3 Å². The molecule has 174 valence electrons. The van der Waals surface area contributed by atoms with Crippen molar-refractivity contribution in [3.63, 3.8) is 0 Å². The van der Waals surface area contributed by atoms with E-state index in [0.29, 0.717) is 5.56 Å². The summed E-state index contributed by atoms with van der Waals surface area (Å²) < 4.78 is 5.98. The largest absolute Gasteiger partial charge is 0.457 e. The summed E-state index contributed by atoms with van der Waals surface area (Å²) in [6.07, 6.45) is 6.06. The number of ether oxygens (including phenoxy) is 1. The molecule has 2 heterocycles. The smallest absolute Gasteiger partial charge is 0.338 e. The summed E-state index contributed by atoms with van der Waals surface area (Å²) >= 11 is 0. The average molecular weight is 450 g/mol. The van der Waals surface area contributed by atoms with Crippen LogP contribution in [0.2, 0.25) is 0 Å². The molecule has 0 aromatic heterocycles. The van der Waals surface area contributed by atoms with Crippen molar-refractivity contribution in [2.75, 3.05) is 25.0 Å². The molecule has 2 aliphatic heterocycles. The maximum absolute atomic E-state index is 12.9. The highest BCUT2D eigenvalue weighted by atomic mass is 16.6. The van der Waals surface area contributed by atoms with E-state index in [1.807, 2.05) is 0 Å². The van der Waals surface area contributed by atoms with Gasteiger partial charge in [-0.15, -0.1) is 0 Å². The molecule has 2 aromatic rings. The number of piperidine rings is 1. The minimum atomic E-state index is -0.461. The van der Waals surface area contributed by atoms with Crippen molar-refractivity contribution in [2.24, 2.45) is 0 Å². The summed E-state index contributed by atoms with van der Waals surface area (Å²) in [5, 5.41) is 14.9. The molecular weight excluding hydrogens is 418 g/mol. The van der Waals surface area contributed by atoms with Gasteiger partial charge in [-0.2, -0.15) is 0 Å². The molecule has 1 unspecified atom stereocenters. The number of aryl methyl sites for hydroxylation is 1. The van der Waals surface area contributed by atoms with Crippen LogP contribution in [0, 0.1) is 17.0 Å². The van der Waals surface area contributed by atoms with Crippen molar-refractivity contribution in [1.29, 1.82) is 0 Å². The molecule has 2 fully saturated rings. The summed E-state index contributed by atoms with van der Waals surface area (Å²) in [6.45, 7) is 4.65. The van der Waals surface area contributed by atoms with Gasteiger partial charge in [-0.1, -0.05) is 30.7 Å². The van der Waals surface area contributed by atoms with E-state index in [-0.39, 0.29) is 28.8 Å².